The Balaban J connectivity index is 1.59. The van der Waals surface area contributed by atoms with Crippen molar-refractivity contribution in [2.24, 2.45) is 0 Å². The first kappa shape index (κ1) is 17.6. The van der Waals surface area contributed by atoms with Crippen LogP contribution in [0.1, 0.15) is 11.1 Å². The van der Waals surface area contributed by atoms with Crippen LogP contribution < -0.4 is 9.47 Å². The summed E-state index contributed by atoms with van der Waals surface area (Å²) < 4.78 is 12.4. The van der Waals surface area contributed by atoms with Crippen LogP contribution in [0.3, 0.4) is 0 Å². The number of ether oxygens (including phenoxy) is 2. The third kappa shape index (κ3) is 3.41. The molecule has 2 heterocycles. The van der Waals surface area contributed by atoms with Crippen LogP contribution in [0.5, 0.6) is 11.5 Å². The van der Waals surface area contributed by atoms with Crippen molar-refractivity contribution >= 4 is 60.8 Å². The molecule has 2 aliphatic heterocycles. The van der Waals surface area contributed by atoms with E-state index in [9.17, 15) is 9.59 Å². The lowest BCUT2D eigenvalue weighted by atomic mass is 10.1. The van der Waals surface area contributed by atoms with Crippen LogP contribution in [0.4, 0.5) is 4.79 Å². The molecule has 1 saturated heterocycles. The summed E-state index contributed by atoms with van der Waals surface area (Å²) in [4.78, 5) is 26.6. The summed E-state index contributed by atoms with van der Waals surface area (Å²) >= 11 is 7.77. The van der Waals surface area contributed by atoms with E-state index in [2.05, 4.69) is 31.9 Å². The number of carbonyl (C=O) groups is 2. The highest BCUT2D eigenvalue weighted by Crippen LogP contribution is 2.40. The SMILES string of the molecule is O=C1S/C(=C\c2cc3c(cc2Br)OCO3)C(=O)N1Cc1ccc(Br)cc1. The average molecular weight is 497 g/mol. The molecule has 1 fully saturated rings. The van der Waals surface area contributed by atoms with Crippen molar-refractivity contribution < 1.29 is 19.1 Å². The van der Waals surface area contributed by atoms with Crippen molar-refractivity contribution in [1.29, 1.82) is 0 Å². The molecule has 0 saturated carbocycles. The van der Waals surface area contributed by atoms with E-state index < -0.39 is 0 Å². The average Bonchev–Trinajstić information content (AvgIpc) is 3.16. The van der Waals surface area contributed by atoms with Gasteiger partial charge in [0.15, 0.2) is 11.5 Å². The van der Waals surface area contributed by atoms with Crippen LogP contribution in [0.2, 0.25) is 0 Å². The van der Waals surface area contributed by atoms with E-state index in [1.54, 1.807) is 18.2 Å². The van der Waals surface area contributed by atoms with Gasteiger partial charge < -0.3 is 9.47 Å². The minimum Gasteiger partial charge on any atom is -0.454 e. The molecule has 4 rings (SSSR count). The summed E-state index contributed by atoms with van der Waals surface area (Å²) in [6.45, 7) is 0.423. The quantitative estimate of drug-likeness (QED) is 0.548. The van der Waals surface area contributed by atoms with E-state index in [4.69, 9.17) is 9.47 Å². The highest BCUT2D eigenvalue weighted by atomic mass is 79.9. The molecule has 2 amide bonds. The molecule has 26 heavy (non-hydrogen) atoms. The smallest absolute Gasteiger partial charge is 0.293 e. The zero-order valence-electron chi connectivity index (χ0n) is 13.2. The van der Waals surface area contributed by atoms with Gasteiger partial charge in [-0.25, -0.2) is 0 Å². The lowest BCUT2D eigenvalue weighted by Gasteiger charge is -2.12. The third-order valence-corrected chi connectivity index (χ3v) is 6.03. The van der Waals surface area contributed by atoms with Crippen LogP contribution >= 0.6 is 43.6 Å². The Labute approximate surface area is 170 Å². The van der Waals surface area contributed by atoms with Crippen molar-refractivity contribution in [3.05, 3.63) is 61.4 Å². The standard InChI is InChI=1S/C18H11Br2NO4S/c19-12-3-1-10(2-4-12)8-21-17(22)16(26-18(21)23)6-11-5-14-15(7-13(11)20)25-9-24-14/h1-7H,8-9H2/b16-6-. The highest BCUT2D eigenvalue weighted by Gasteiger charge is 2.35. The van der Waals surface area contributed by atoms with Gasteiger partial charge in [-0.1, -0.05) is 44.0 Å². The van der Waals surface area contributed by atoms with Gasteiger partial charge in [0.25, 0.3) is 11.1 Å². The highest BCUT2D eigenvalue weighted by molar-refractivity contribution is 9.10. The molecule has 0 aromatic heterocycles. The molecule has 2 aliphatic rings. The Hall–Kier alpha value is -1.77. The van der Waals surface area contributed by atoms with Crippen molar-refractivity contribution in [2.45, 2.75) is 6.54 Å². The van der Waals surface area contributed by atoms with Gasteiger partial charge in [-0.15, -0.1) is 0 Å². The third-order valence-electron chi connectivity index (χ3n) is 3.91. The molecule has 0 atom stereocenters. The molecule has 2 aromatic carbocycles. The molecular weight excluding hydrogens is 486 g/mol. The maximum atomic E-state index is 12.7. The van der Waals surface area contributed by atoms with Crippen molar-refractivity contribution in [3.63, 3.8) is 0 Å². The Morgan fingerprint density at radius 2 is 1.77 bits per heavy atom. The normalized spacial score (nSPS) is 17.5. The topological polar surface area (TPSA) is 55.8 Å². The molecule has 0 aliphatic carbocycles. The van der Waals surface area contributed by atoms with Crippen LogP contribution in [-0.2, 0) is 11.3 Å². The lowest BCUT2D eigenvalue weighted by molar-refractivity contribution is -0.123. The molecule has 0 spiro atoms. The fourth-order valence-corrected chi connectivity index (χ4v) is 4.12. The Bertz CT molecular complexity index is 943. The second-order valence-electron chi connectivity index (χ2n) is 5.62. The van der Waals surface area contributed by atoms with Crippen LogP contribution in [0, 0.1) is 0 Å². The van der Waals surface area contributed by atoms with E-state index in [0.717, 1.165) is 31.8 Å². The maximum Gasteiger partial charge on any atom is 0.293 e. The van der Waals surface area contributed by atoms with Crippen LogP contribution in [0.25, 0.3) is 6.08 Å². The molecule has 0 bridgehead atoms. The molecule has 8 heteroatoms. The van der Waals surface area contributed by atoms with E-state index in [1.165, 1.54) is 4.90 Å². The number of hydrogen-bond acceptors (Lipinski definition) is 5. The first-order valence-corrected chi connectivity index (χ1v) is 10.0. The van der Waals surface area contributed by atoms with Gasteiger partial charge in [-0.3, -0.25) is 14.5 Å². The second-order valence-corrected chi connectivity index (χ2v) is 8.38. The van der Waals surface area contributed by atoms with Crippen LogP contribution in [0.15, 0.2) is 50.2 Å². The summed E-state index contributed by atoms with van der Waals surface area (Å²) in [6, 6.07) is 11.1. The van der Waals surface area contributed by atoms with Gasteiger partial charge in [0, 0.05) is 8.95 Å². The number of fused-ring (bicyclic) bond motifs is 1. The van der Waals surface area contributed by atoms with E-state index in [-0.39, 0.29) is 24.5 Å². The molecule has 5 nitrogen and oxygen atoms in total. The first-order chi connectivity index (χ1) is 12.5. The zero-order valence-corrected chi connectivity index (χ0v) is 17.2. The number of halogens is 2. The van der Waals surface area contributed by atoms with Gasteiger partial charge in [-0.05, 0) is 53.2 Å². The first-order valence-electron chi connectivity index (χ1n) is 7.60. The number of carbonyl (C=O) groups excluding carboxylic acids is 2. The minimum absolute atomic E-state index is 0.176. The molecule has 0 radical (unpaired) electrons. The molecule has 132 valence electrons. The molecule has 0 N–H and O–H groups in total. The summed E-state index contributed by atoms with van der Waals surface area (Å²) in [7, 11) is 0. The summed E-state index contributed by atoms with van der Waals surface area (Å²) in [6.07, 6.45) is 1.69. The van der Waals surface area contributed by atoms with Gasteiger partial charge in [0.1, 0.15) is 0 Å². The number of thioether (sulfide) groups is 1. The van der Waals surface area contributed by atoms with Gasteiger partial charge >= 0.3 is 0 Å². The van der Waals surface area contributed by atoms with Crippen molar-refractivity contribution in [3.8, 4) is 11.5 Å². The number of amides is 2. The van der Waals surface area contributed by atoms with Crippen LogP contribution in [-0.4, -0.2) is 22.8 Å². The van der Waals surface area contributed by atoms with Gasteiger partial charge in [0.2, 0.25) is 6.79 Å². The van der Waals surface area contributed by atoms with E-state index in [0.29, 0.717) is 16.4 Å². The van der Waals surface area contributed by atoms with E-state index in [1.807, 2.05) is 24.3 Å². The largest absolute Gasteiger partial charge is 0.454 e. The zero-order chi connectivity index (χ0) is 18.3. The van der Waals surface area contributed by atoms with Gasteiger partial charge in [-0.2, -0.15) is 0 Å². The fourth-order valence-electron chi connectivity index (χ4n) is 2.59. The Morgan fingerprint density at radius 3 is 2.50 bits per heavy atom. The minimum atomic E-state index is -0.299. The molecule has 2 aromatic rings. The number of rotatable bonds is 3. The lowest BCUT2D eigenvalue weighted by Crippen LogP contribution is -2.27. The van der Waals surface area contributed by atoms with Crippen molar-refractivity contribution in [1.82, 2.24) is 4.90 Å². The Morgan fingerprint density at radius 1 is 1.08 bits per heavy atom. The summed E-state index contributed by atoms with van der Waals surface area (Å²) in [5.74, 6) is 0.971. The summed E-state index contributed by atoms with van der Waals surface area (Å²) in [5, 5.41) is -0.277. The number of nitrogens with zero attached hydrogens (tertiary/aromatic N) is 1. The van der Waals surface area contributed by atoms with E-state index >= 15 is 0 Å². The predicted octanol–water partition coefficient (Wildman–Crippen LogP) is 5.18. The van der Waals surface area contributed by atoms with Gasteiger partial charge in [0.05, 0.1) is 11.4 Å². The number of benzene rings is 2. The maximum absolute atomic E-state index is 12.7. The fraction of sp³-hybridized carbons (Fsp3) is 0.111. The molecule has 0 unspecified atom stereocenters. The number of hydrogen-bond donors (Lipinski definition) is 0. The summed E-state index contributed by atoms with van der Waals surface area (Å²) in [5.41, 5.74) is 1.64. The second kappa shape index (κ2) is 7.09. The predicted molar refractivity (Wildman–Crippen MR) is 106 cm³/mol. The van der Waals surface area contributed by atoms with Crippen molar-refractivity contribution in [2.75, 3.05) is 6.79 Å². The monoisotopic (exact) mass is 495 g/mol. The number of imide groups is 1. The Kier molecular flexibility index (Phi) is 4.81. The molecular formula is C18H11Br2NO4S.